The Hall–Kier alpha value is -1.37. The monoisotopic (exact) mass is 359 g/mol. The van der Waals surface area contributed by atoms with Crippen molar-refractivity contribution in [2.24, 2.45) is 7.05 Å². The highest BCUT2D eigenvalue weighted by Crippen LogP contribution is 2.60. The Kier molecular flexibility index (Phi) is 3.35. The number of aryl methyl sites for hydroxylation is 1. The molecule has 1 unspecified atom stereocenters. The van der Waals surface area contributed by atoms with Gasteiger partial charge in [-0.05, 0) is 17.7 Å². The maximum absolute atomic E-state index is 15.0. The van der Waals surface area contributed by atoms with E-state index in [9.17, 15) is 8.78 Å². The molecule has 0 N–H and O–H groups in total. The molecule has 0 saturated heterocycles. The van der Waals surface area contributed by atoms with Gasteiger partial charge < -0.3 is 4.57 Å². The van der Waals surface area contributed by atoms with Gasteiger partial charge in [-0.15, -0.1) is 10.2 Å². The zero-order chi connectivity index (χ0) is 15.3. The number of nitrogens with zero attached hydrogens (tertiary/aromatic N) is 3. The second-order valence-corrected chi connectivity index (χ2v) is 6.45. The Morgan fingerprint density at radius 1 is 1.33 bits per heavy atom. The molecule has 1 heterocycles. The van der Waals surface area contributed by atoms with Gasteiger partial charge in [0, 0.05) is 29.8 Å². The Morgan fingerprint density at radius 2 is 2.05 bits per heavy atom. The lowest BCUT2D eigenvalue weighted by Crippen LogP contribution is -2.52. The van der Waals surface area contributed by atoms with Crippen molar-refractivity contribution >= 4 is 15.9 Å². The molecule has 0 radical (unpaired) electrons. The summed E-state index contributed by atoms with van der Waals surface area (Å²) in [6.07, 6.45) is -1.30. The first kappa shape index (κ1) is 14.6. The molecular formula is C14H13BrF3N3. The van der Waals surface area contributed by atoms with E-state index < -0.39 is 30.4 Å². The van der Waals surface area contributed by atoms with Crippen LogP contribution in [0.25, 0.3) is 0 Å². The van der Waals surface area contributed by atoms with Crippen LogP contribution in [0.1, 0.15) is 30.4 Å². The summed E-state index contributed by atoms with van der Waals surface area (Å²) < 4.78 is 44.2. The van der Waals surface area contributed by atoms with Crippen LogP contribution in [0.5, 0.6) is 0 Å². The summed E-state index contributed by atoms with van der Waals surface area (Å²) in [7, 11) is 1.60. The fourth-order valence-corrected chi connectivity index (χ4v) is 3.37. The third kappa shape index (κ3) is 2.37. The number of benzene rings is 1. The average molecular weight is 360 g/mol. The molecule has 0 bridgehead atoms. The molecule has 1 aromatic heterocycles. The Morgan fingerprint density at radius 3 is 2.57 bits per heavy atom. The van der Waals surface area contributed by atoms with Gasteiger partial charge in [-0.25, -0.2) is 13.2 Å². The zero-order valence-electron chi connectivity index (χ0n) is 11.2. The van der Waals surface area contributed by atoms with E-state index in [-0.39, 0.29) is 5.82 Å². The Bertz CT molecular complexity index is 663. The quantitative estimate of drug-likeness (QED) is 0.830. The number of hydrogen-bond donors (Lipinski definition) is 0. The van der Waals surface area contributed by atoms with E-state index in [0.29, 0.717) is 5.56 Å². The molecule has 3 rings (SSSR count). The predicted octanol–water partition coefficient (Wildman–Crippen LogP) is 3.96. The normalized spacial score (nSPS) is 20.8. The van der Waals surface area contributed by atoms with Crippen LogP contribution in [-0.4, -0.2) is 20.7 Å². The van der Waals surface area contributed by atoms with Crippen molar-refractivity contribution in [1.29, 1.82) is 0 Å². The van der Waals surface area contributed by atoms with Gasteiger partial charge in [0.1, 0.15) is 6.33 Å². The molecule has 1 aliphatic carbocycles. The highest BCUT2D eigenvalue weighted by Gasteiger charge is 2.62. The van der Waals surface area contributed by atoms with E-state index in [1.165, 1.54) is 10.9 Å². The fourth-order valence-electron chi connectivity index (χ4n) is 2.97. The van der Waals surface area contributed by atoms with Crippen LogP contribution in [0, 0.1) is 0 Å². The summed E-state index contributed by atoms with van der Waals surface area (Å²) >= 11 is 3.31. The van der Waals surface area contributed by atoms with Crippen molar-refractivity contribution in [3.05, 3.63) is 46.5 Å². The van der Waals surface area contributed by atoms with Gasteiger partial charge >= 0.3 is 0 Å². The average Bonchev–Trinajstić information content (AvgIpc) is 2.80. The second-order valence-electron chi connectivity index (χ2n) is 5.54. The molecule has 0 spiro atoms. The SMILES string of the molecule is Cn1cnnc1C(F)C1(c2cccc(Br)c2)CC(F)(F)C1. The molecule has 2 aromatic rings. The lowest BCUT2D eigenvalue weighted by atomic mass is 9.59. The van der Waals surface area contributed by atoms with Gasteiger partial charge in [-0.3, -0.25) is 0 Å². The van der Waals surface area contributed by atoms with Crippen molar-refractivity contribution in [2.45, 2.75) is 30.4 Å². The topological polar surface area (TPSA) is 30.7 Å². The van der Waals surface area contributed by atoms with Crippen molar-refractivity contribution < 1.29 is 13.2 Å². The lowest BCUT2D eigenvalue weighted by Gasteiger charge is -2.49. The molecule has 1 aromatic carbocycles. The van der Waals surface area contributed by atoms with Crippen LogP contribution in [0.15, 0.2) is 35.1 Å². The fraction of sp³-hybridized carbons (Fsp3) is 0.429. The van der Waals surface area contributed by atoms with Crippen LogP contribution in [-0.2, 0) is 12.5 Å². The third-order valence-electron chi connectivity index (χ3n) is 4.01. The minimum Gasteiger partial charge on any atom is -0.318 e. The van der Waals surface area contributed by atoms with E-state index in [4.69, 9.17) is 0 Å². The number of aromatic nitrogens is 3. The smallest absolute Gasteiger partial charge is 0.250 e. The van der Waals surface area contributed by atoms with Crippen LogP contribution in [0.2, 0.25) is 0 Å². The van der Waals surface area contributed by atoms with Crippen LogP contribution >= 0.6 is 15.9 Å². The van der Waals surface area contributed by atoms with E-state index in [2.05, 4.69) is 26.1 Å². The van der Waals surface area contributed by atoms with Crippen molar-refractivity contribution in [3.8, 4) is 0 Å². The first-order valence-corrected chi connectivity index (χ1v) is 7.25. The number of rotatable bonds is 3. The molecule has 1 atom stereocenters. The number of hydrogen-bond acceptors (Lipinski definition) is 2. The van der Waals surface area contributed by atoms with Crippen molar-refractivity contribution in [1.82, 2.24) is 14.8 Å². The van der Waals surface area contributed by atoms with Gasteiger partial charge in [0.25, 0.3) is 0 Å². The van der Waals surface area contributed by atoms with Gasteiger partial charge in [0.05, 0.1) is 0 Å². The molecule has 7 heteroatoms. The van der Waals surface area contributed by atoms with Gasteiger partial charge in [0.15, 0.2) is 12.0 Å². The molecule has 21 heavy (non-hydrogen) atoms. The maximum Gasteiger partial charge on any atom is 0.250 e. The van der Waals surface area contributed by atoms with Crippen LogP contribution in [0.4, 0.5) is 13.2 Å². The third-order valence-corrected chi connectivity index (χ3v) is 4.50. The number of halogens is 4. The van der Waals surface area contributed by atoms with E-state index in [1.807, 2.05) is 0 Å². The summed E-state index contributed by atoms with van der Waals surface area (Å²) in [5, 5.41) is 7.38. The molecule has 0 aliphatic heterocycles. The van der Waals surface area contributed by atoms with Gasteiger partial charge in [-0.2, -0.15) is 0 Å². The molecule has 1 saturated carbocycles. The van der Waals surface area contributed by atoms with E-state index in [0.717, 1.165) is 4.47 Å². The summed E-state index contributed by atoms with van der Waals surface area (Å²) in [5.74, 6) is -2.77. The molecular weight excluding hydrogens is 347 g/mol. The van der Waals surface area contributed by atoms with E-state index >= 15 is 4.39 Å². The van der Waals surface area contributed by atoms with Crippen molar-refractivity contribution in [3.63, 3.8) is 0 Å². The number of alkyl halides is 3. The lowest BCUT2D eigenvalue weighted by molar-refractivity contribution is -0.151. The second kappa shape index (κ2) is 4.83. The predicted molar refractivity (Wildman–Crippen MR) is 74.9 cm³/mol. The molecule has 112 valence electrons. The summed E-state index contributed by atoms with van der Waals surface area (Å²) in [4.78, 5) is 0. The highest BCUT2D eigenvalue weighted by molar-refractivity contribution is 9.10. The largest absolute Gasteiger partial charge is 0.318 e. The maximum atomic E-state index is 15.0. The summed E-state index contributed by atoms with van der Waals surface area (Å²) in [5.41, 5.74) is -0.702. The Labute approximate surface area is 128 Å². The first-order valence-electron chi connectivity index (χ1n) is 6.46. The van der Waals surface area contributed by atoms with Crippen molar-refractivity contribution in [2.75, 3.05) is 0 Å². The van der Waals surface area contributed by atoms with Gasteiger partial charge in [0.2, 0.25) is 5.92 Å². The minimum absolute atomic E-state index is 0.0745. The first-order chi connectivity index (χ1) is 9.84. The van der Waals surface area contributed by atoms with Crippen LogP contribution < -0.4 is 0 Å². The summed E-state index contributed by atoms with van der Waals surface area (Å²) in [6.45, 7) is 0. The van der Waals surface area contributed by atoms with Crippen LogP contribution in [0.3, 0.4) is 0 Å². The standard InChI is InChI=1S/C14H13BrF3N3/c1-21-8-19-20-12(21)11(16)13(6-14(17,18)7-13)9-3-2-4-10(15)5-9/h2-5,8,11H,6-7H2,1H3. The Balaban J connectivity index is 2.05. The zero-order valence-corrected chi connectivity index (χ0v) is 12.8. The minimum atomic E-state index is -2.84. The molecule has 1 fully saturated rings. The molecule has 0 amide bonds. The summed E-state index contributed by atoms with van der Waals surface area (Å²) in [6, 6.07) is 6.88. The highest BCUT2D eigenvalue weighted by atomic mass is 79.9. The molecule has 3 nitrogen and oxygen atoms in total. The molecule has 1 aliphatic rings. The van der Waals surface area contributed by atoms with E-state index in [1.54, 1.807) is 31.3 Å². The van der Waals surface area contributed by atoms with Gasteiger partial charge in [-0.1, -0.05) is 28.1 Å².